The number of hydrogen-bond donors (Lipinski definition) is 0. The van der Waals surface area contributed by atoms with E-state index in [1.54, 1.807) is 6.92 Å². The summed E-state index contributed by atoms with van der Waals surface area (Å²) in [5.41, 5.74) is 0.459. The minimum atomic E-state index is -0.805. The summed E-state index contributed by atoms with van der Waals surface area (Å²) in [5.74, 6) is 0.477. The number of carbonyl (C=O) groups excluding carboxylic acids is 1. The van der Waals surface area contributed by atoms with Crippen LogP contribution in [0.25, 0.3) is 0 Å². The summed E-state index contributed by atoms with van der Waals surface area (Å²) in [6, 6.07) is 3.99. The van der Waals surface area contributed by atoms with Gasteiger partial charge in [0.05, 0.1) is 11.5 Å². The van der Waals surface area contributed by atoms with Crippen molar-refractivity contribution in [3.05, 3.63) is 33.9 Å². The lowest BCUT2D eigenvalue weighted by Crippen LogP contribution is -2.14. The summed E-state index contributed by atoms with van der Waals surface area (Å²) in [7, 11) is 0. The van der Waals surface area contributed by atoms with E-state index in [2.05, 4.69) is 0 Å². The van der Waals surface area contributed by atoms with Crippen LogP contribution in [0.2, 0.25) is 0 Å². The van der Waals surface area contributed by atoms with Gasteiger partial charge in [0.2, 0.25) is 0 Å². The zero-order valence-corrected chi connectivity index (χ0v) is 10.5. The summed E-state index contributed by atoms with van der Waals surface area (Å²) in [5, 5.41) is 10.5. The lowest BCUT2D eigenvalue weighted by atomic mass is 10.2. The highest BCUT2D eigenvalue weighted by Crippen LogP contribution is 2.23. The van der Waals surface area contributed by atoms with Crippen molar-refractivity contribution in [3.8, 4) is 5.75 Å². The maximum absolute atomic E-state index is 11.3. The number of aryl methyl sites for hydroxylation is 1. The second-order valence-corrected chi connectivity index (χ2v) is 4.26. The maximum atomic E-state index is 11.3. The van der Waals surface area contributed by atoms with Gasteiger partial charge >= 0.3 is 6.16 Å². The number of benzene rings is 1. The van der Waals surface area contributed by atoms with Crippen LogP contribution in [0, 0.1) is 23.0 Å². The van der Waals surface area contributed by atoms with Gasteiger partial charge in [0.1, 0.15) is 5.75 Å². The molecule has 0 unspecified atom stereocenters. The van der Waals surface area contributed by atoms with Crippen molar-refractivity contribution >= 4 is 11.8 Å². The van der Waals surface area contributed by atoms with E-state index in [0.29, 0.717) is 5.56 Å². The number of carbonyl (C=O) groups is 1. The largest absolute Gasteiger partial charge is 0.513 e. The Hall–Kier alpha value is -2.11. The van der Waals surface area contributed by atoms with Crippen LogP contribution in [-0.2, 0) is 4.74 Å². The van der Waals surface area contributed by atoms with E-state index in [1.807, 2.05) is 13.8 Å². The topological polar surface area (TPSA) is 78.7 Å². The molecule has 0 aromatic heterocycles. The molecule has 18 heavy (non-hydrogen) atoms. The molecule has 0 saturated heterocycles. The molecule has 0 bridgehead atoms. The highest BCUT2D eigenvalue weighted by Gasteiger charge is 2.13. The number of rotatable bonds is 4. The van der Waals surface area contributed by atoms with Crippen LogP contribution < -0.4 is 4.74 Å². The van der Waals surface area contributed by atoms with E-state index in [0.717, 1.165) is 0 Å². The van der Waals surface area contributed by atoms with Crippen LogP contribution in [0.3, 0.4) is 0 Å². The normalized spacial score (nSPS) is 10.2. The molecule has 0 heterocycles. The van der Waals surface area contributed by atoms with Gasteiger partial charge in [-0.2, -0.15) is 0 Å². The van der Waals surface area contributed by atoms with Crippen LogP contribution >= 0.6 is 0 Å². The Morgan fingerprint density at radius 2 is 2.11 bits per heavy atom. The fourth-order valence-electron chi connectivity index (χ4n) is 1.22. The Kier molecular flexibility index (Phi) is 4.65. The van der Waals surface area contributed by atoms with E-state index in [1.165, 1.54) is 18.2 Å². The van der Waals surface area contributed by atoms with Crippen LogP contribution in [0.1, 0.15) is 19.4 Å². The molecule has 0 aliphatic carbocycles. The third kappa shape index (κ3) is 4.04. The number of hydrogen-bond acceptors (Lipinski definition) is 5. The van der Waals surface area contributed by atoms with Gasteiger partial charge in [-0.25, -0.2) is 4.79 Å². The van der Waals surface area contributed by atoms with Crippen LogP contribution in [0.4, 0.5) is 10.5 Å². The lowest BCUT2D eigenvalue weighted by Gasteiger charge is -2.09. The van der Waals surface area contributed by atoms with Gasteiger partial charge in [-0.05, 0) is 24.5 Å². The Labute approximate surface area is 105 Å². The van der Waals surface area contributed by atoms with E-state index < -0.39 is 11.1 Å². The first kappa shape index (κ1) is 14.0. The molecule has 1 aromatic carbocycles. The second kappa shape index (κ2) is 6.00. The van der Waals surface area contributed by atoms with Gasteiger partial charge < -0.3 is 9.47 Å². The van der Waals surface area contributed by atoms with Crippen molar-refractivity contribution < 1.29 is 19.2 Å². The summed E-state index contributed by atoms with van der Waals surface area (Å²) in [6.07, 6.45) is -0.805. The molecule has 6 heteroatoms. The van der Waals surface area contributed by atoms with Gasteiger partial charge in [0.15, 0.2) is 0 Å². The molecular formula is C12H15NO5. The fraction of sp³-hybridized carbons (Fsp3) is 0.417. The van der Waals surface area contributed by atoms with Gasteiger partial charge in [-0.15, -0.1) is 0 Å². The summed E-state index contributed by atoms with van der Waals surface area (Å²) < 4.78 is 9.79. The number of non-ortho nitro benzene ring substituents is 1. The molecule has 0 spiro atoms. The summed E-state index contributed by atoms with van der Waals surface area (Å²) in [6.45, 7) is 5.71. The van der Waals surface area contributed by atoms with Crippen LogP contribution in [0.5, 0.6) is 5.75 Å². The van der Waals surface area contributed by atoms with Crippen molar-refractivity contribution in [2.45, 2.75) is 20.8 Å². The quantitative estimate of drug-likeness (QED) is 0.356. The first-order valence-corrected chi connectivity index (χ1v) is 5.49. The van der Waals surface area contributed by atoms with Crippen molar-refractivity contribution in [2.75, 3.05) is 6.61 Å². The fourth-order valence-corrected chi connectivity index (χ4v) is 1.22. The third-order valence-electron chi connectivity index (χ3n) is 2.10. The van der Waals surface area contributed by atoms with Crippen molar-refractivity contribution in [2.24, 2.45) is 5.92 Å². The highest BCUT2D eigenvalue weighted by atomic mass is 16.7. The van der Waals surface area contributed by atoms with E-state index in [4.69, 9.17) is 9.47 Å². The Balaban J connectivity index is 2.68. The predicted octanol–water partition coefficient (Wildman–Crippen LogP) is 3.07. The standard InChI is InChI=1S/C12H15NO5/c1-8(2)7-17-12(14)18-11-5-4-10(13(15)16)6-9(11)3/h4-6,8H,7H2,1-3H3. The monoisotopic (exact) mass is 253 g/mol. The van der Waals surface area contributed by atoms with E-state index in [-0.39, 0.29) is 24.0 Å². The minimum absolute atomic E-state index is 0.0459. The molecule has 1 rings (SSSR count). The van der Waals surface area contributed by atoms with Crippen LogP contribution in [-0.4, -0.2) is 17.7 Å². The van der Waals surface area contributed by atoms with Crippen molar-refractivity contribution in [1.82, 2.24) is 0 Å². The van der Waals surface area contributed by atoms with E-state index >= 15 is 0 Å². The molecule has 98 valence electrons. The lowest BCUT2D eigenvalue weighted by molar-refractivity contribution is -0.384. The number of nitro groups is 1. The molecule has 0 N–H and O–H groups in total. The average Bonchev–Trinajstić information content (AvgIpc) is 2.29. The van der Waals surface area contributed by atoms with Crippen molar-refractivity contribution in [3.63, 3.8) is 0 Å². The molecule has 1 aromatic rings. The summed E-state index contributed by atoms with van der Waals surface area (Å²) in [4.78, 5) is 21.3. The van der Waals surface area contributed by atoms with Crippen LogP contribution in [0.15, 0.2) is 18.2 Å². The SMILES string of the molecule is Cc1cc([N+](=O)[O-])ccc1OC(=O)OCC(C)C. The predicted molar refractivity (Wildman–Crippen MR) is 64.6 cm³/mol. The van der Waals surface area contributed by atoms with Gasteiger partial charge in [0, 0.05) is 12.1 Å². The Morgan fingerprint density at radius 1 is 1.44 bits per heavy atom. The smallest absolute Gasteiger partial charge is 0.434 e. The molecule has 0 radical (unpaired) electrons. The van der Waals surface area contributed by atoms with Gasteiger partial charge in [0.25, 0.3) is 5.69 Å². The zero-order chi connectivity index (χ0) is 13.7. The molecule has 0 atom stereocenters. The van der Waals surface area contributed by atoms with E-state index in [9.17, 15) is 14.9 Å². The molecule has 6 nitrogen and oxygen atoms in total. The molecule has 0 aliphatic heterocycles. The zero-order valence-electron chi connectivity index (χ0n) is 10.5. The second-order valence-electron chi connectivity index (χ2n) is 4.26. The molecule has 0 amide bonds. The maximum Gasteiger partial charge on any atom is 0.513 e. The number of ether oxygens (including phenoxy) is 2. The molecular weight excluding hydrogens is 238 g/mol. The minimum Gasteiger partial charge on any atom is -0.434 e. The summed E-state index contributed by atoms with van der Waals surface area (Å²) >= 11 is 0. The van der Waals surface area contributed by atoms with Gasteiger partial charge in [-0.1, -0.05) is 13.8 Å². The Morgan fingerprint density at radius 3 is 2.61 bits per heavy atom. The average molecular weight is 253 g/mol. The van der Waals surface area contributed by atoms with Gasteiger partial charge in [-0.3, -0.25) is 10.1 Å². The number of nitrogens with zero attached hydrogens (tertiary/aromatic N) is 1. The molecule has 0 fully saturated rings. The third-order valence-corrected chi connectivity index (χ3v) is 2.10. The first-order chi connectivity index (χ1) is 8.40. The molecule has 0 saturated carbocycles. The highest BCUT2D eigenvalue weighted by molar-refractivity contribution is 5.64. The first-order valence-electron chi connectivity index (χ1n) is 5.49. The number of nitro benzene ring substituents is 1. The Bertz CT molecular complexity index is 456. The molecule has 0 aliphatic rings. The van der Waals surface area contributed by atoms with Crippen molar-refractivity contribution in [1.29, 1.82) is 0 Å².